The van der Waals surface area contributed by atoms with Crippen LogP contribution in [0.25, 0.3) is 22.3 Å². The topological polar surface area (TPSA) is 126 Å². The number of anilines is 3. The maximum absolute atomic E-state index is 12.1. The summed E-state index contributed by atoms with van der Waals surface area (Å²) in [6, 6.07) is 20.5. The molecule has 0 aliphatic rings. The van der Waals surface area contributed by atoms with E-state index >= 15 is 0 Å². The van der Waals surface area contributed by atoms with Crippen LogP contribution in [0.1, 0.15) is 26.3 Å². The molecule has 0 fully saturated rings. The Hall–Kier alpha value is -4.46. The molecule has 0 saturated carbocycles. The van der Waals surface area contributed by atoms with E-state index in [0.717, 1.165) is 22.2 Å². The highest BCUT2D eigenvalue weighted by Crippen LogP contribution is 2.29. The van der Waals surface area contributed by atoms with Crippen molar-refractivity contribution in [1.29, 1.82) is 5.41 Å². The summed E-state index contributed by atoms with van der Waals surface area (Å²) in [6.07, 6.45) is 1.22. The Morgan fingerprint density at radius 1 is 1.06 bits per heavy atom. The number of benzene rings is 3. The first kappa shape index (κ1) is 23.7. The third-order valence-corrected chi connectivity index (χ3v) is 5.08. The minimum atomic E-state index is -0.325. The van der Waals surface area contributed by atoms with Crippen molar-refractivity contribution in [3.63, 3.8) is 0 Å². The van der Waals surface area contributed by atoms with Crippen molar-refractivity contribution in [1.82, 2.24) is 15.3 Å². The molecule has 5 N–H and O–H groups in total. The molecule has 178 valence electrons. The molecule has 0 aliphatic carbocycles. The lowest BCUT2D eigenvalue weighted by Crippen LogP contribution is -2.43. The Balaban J connectivity index is 1.65. The highest BCUT2D eigenvalue weighted by molar-refractivity contribution is 5.93. The number of hydrogen-bond acceptors (Lipinski definition) is 7. The second-order valence-corrected chi connectivity index (χ2v) is 9.14. The van der Waals surface area contributed by atoms with Crippen LogP contribution in [0, 0.1) is 5.41 Å². The van der Waals surface area contributed by atoms with Crippen LogP contribution in [0.4, 0.5) is 17.2 Å². The Labute approximate surface area is 204 Å². The first-order chi connectivity index (χ1) is 16.7. The Morgan fingerprint density at radius 3 is 2.63 bits per heavy atom. The number of rotatable bonds is 7. The Bertz CT molecular complexity index is 1390. The van der Waals surface area contributed by atoms with E-state index in [0.29, 0.717) is 28.6 Å². The van der Waals surface area contributed by atoms with Crippen molar-refractivity contribution in [3.05, 3.63) is 72.3 Å². The average molecular weight is 469 g/mol. The first-order valence-electron chi connectivity index (χ1n) is 11.2. The fourth-order valence-electron chi connectivity index (χ4n) is 3.54. The van der Waals surface area contributed by atoms with E-state index < -0.39 is 0 Å². The maximum atomic E-state index is 12.1. The SMILES string of the molecule is CC(C)(C)NC(=O)COc1cccc(-c2nc(Nc3ccc(N)c(C=N)c3)c3ccccc3n2)c1. The summed E-state index contributed by atoms with van der Waals surface area (Å²) in [4.78, 5) is 21.6. The van der Waals surface area contributed by atoms with Gasteiger partial charge in [-0.3, -0.25) is 4.79 Å². The van der Waals surface area contributed by atoms with Gasteiger partial charge in [-0.2, -0.15) is 0 Å². The van der Waals surface area contributed by atoms with E-state index in [9.17, 15) is 4.79 Å². The van der Waals surface area contributed by atoms with Gasteiger partial charge in [0.05, 0.1) is 5.52 Å². The molecule has 0 aliphatic heterocycles. The van der Waals surface area contributed by atoms with E-state index in [1.807, 2.05) is 69.3 Å². The molecule has 1 heterocycles. The van der Waals surface area contributed by atoms with E-state index in [4.69, 9.17) is 25.8 Å². The summed E-state index contributed by atoms with van der Waals surface area (Å²) >= 11 is 0. The van der Waals surface area contributed by atoms with Crippen molar-refractivity contribution in [3.8, 4) is 17.1 Å². The van der Waals surface area contributed by atoms with Crippen molar-refractivity contribution in [2.24, 2.45) is 0 Å². The molecule has 8 heteroatoms. The van der Waals surface area contributed by atoms with Crippen molar-refractivity contribution >= 4 is 40.2 Å². The lowest BCUT2D eigenvalue weighted by atomic mass is 10.1. The zero-order chi connectivity index (χ0) is 25.0. The molecule has 0 saturated heterocycles. The van der Waals surface area contributed by atoms with Gasteiger partial charge in [0.25, 0.3) is 5.91 Å². The maximum Gasteiger partial charge on any atom is 0.258 e. The fraction of sp³-hybridized carbons (Fsp3) is 0.185. The zero-order valence-corrected chi connectivity index (χ0v) is 19.9. The number of aromatic nitrogens is 2. The molecule has 1 amide bonds. The number of carbonyl (C=O) groups is 1. The lowest BCUT2D eigenvalue weighted by Gasteiger charge is -2.20. The number of nitrogen functional groups attached to an aromatic ring is 1. The molecule has 35 heavy (non-hydrogen) atoms. The molecule has 0 atom stereocenters. The predicted molar refractivity (Wildman–Crippen MR) is 140 cm³/mol. The monoisotopic (exact) mass is 468 g/mol. The van der Waals surface area contributed by atoms with Gasteiger partial charge in [0.2, 0.25) is 0 Å². The summed E-state index contributed by atoms with van der Waals surface area (Å²) in [5.41, 5.74) is 9.05. The molecule has 3 aromatic carbocycles. The molecule has 4 aromatic rings. The van der Waals surface area contributed by atoms with E-state index in [2.05, 4.69) is 10.6 Å². The molecular weight excluding hydrogens is 440 g/mol. The molecule has 0 radical (unpaired) electrons. The number of nitrogens with one attached hydrogen (secondary N) is 3. The number of amides is 1. The molecule has 0 spiro atoms. The van der Waals surface area contributed by atoms with Gasteiger partial charge in [-0.05, 0) is 63.2 Å². The minimum absolute atomic E-state index is 0.0847. The molecule has 4 rings (SSSR count). The van der Waals surface area contributed by atoms with Gasteiger partial charge in [0.15, 0.2) is 12.4 Å². The highest BCUT2D eigenvalue weighted by Gasteiger charge is 2.15. The molecule has 0 bridgehead atoms. The normalized spacial score (nSPS) is 11.2. The van der Waals surface area contributed by atoms with Crippen LogP contribution in [-0.4, -0.2) is 34.2 Å². The summed E-state index contributed by atoms with van der Waals surface area (Å²) in [5.74, 6) is 1.50. The molecule has 0 unspecified atom stereocenters. The van der Waals surface area contributed by atoms with Crippen LogP contribution in [0.3, 0.4) is 0 Å². The quantitative estimate of drug-likeness (QED) is 0.225. The predicted octanol–water partition coefficient (Wildman–Crippen LogP) is 4.91. The highest BCUT2D eigenvalue weighted by atomic mass is 16.5. The standard InChI is InChI=1S/C27H28N6O2/c1-27(2,3)33-24(34)16-35-20-8-6-7-17(14-20)25-31-23-10-5-4-9-21(23)26(32-25)30-19-11-12-22(29)18(13-19)15-28/h4-15,28H,16,29H2,1-3H3,(H,33,34)(H,30,31,32). The summed E-state index contributed by atoms with van der Waals surface area (Å²) in [6.45, 7) is 5.68. The van der Waals surface area contributed by atoms with Gasteiger partial charge in [-0.1, -0.05) is 24.3 Å². The van der Waals surface area contributed by atoms with E-state index in [1.54, 1.807) is 18.2 Å². The summed E-state index contributed by atoms with van der Waals surface area (Å²) < 4.78 is 5.71. The van der Waals surface area contributed by atoms with Crippen molar-refractivity contribution in [2.75, 3.05) is 17.7 Å². The largest absolute Gasteiger partial charge is 0.484 e. The number of fused-ring (bicyclic) bond motifs is 1. The van der Waals surface area contributed by atoms with Gasteiger partial charge in [-0.15, -0.1) is 0 Å². The van der Waals surface area contributed by atoms with Gasteiger partial charge in [0, 0.05) is 39.6 Å². The van der Waals surface area contributed by atoms with Crippen molar-refractivity contribution < 1.29 is 9.53 Å². The number of nitrogens with two attached hydrogens (primary N) is 1. The lowest BCUT2D eigenvalue weighted by molar-refractivity contribution is -0.124. The minimum Gasteiger partial charge on any atom is -0.484 e. The fourth-order valence-corrected chi connectivity index (χ4v) is 3.54. The number of carbonyl (C=O) groups excluding carboxylic acids is 1. The number of para-hydroxylation sites is 1. The van der Waals surface area contributed by atoms with Crippen molar-refractivity contribution in [2.45, 2.75) is 26.3 Å². The number of ether oxygens (including phenoxy) is 1. The second-order valence-electron chi connectivity index (χ2n) is 9.14. The average Bonchev–Trinajstić information content (AvgIpc) is 2.83. The zero-order valence-electron chi connectivity index (χ0n) is 19.9. The van der Waals surface area contributed by atoms with Crippen LogP contribution >= 0.6 is 0 Å². The first-order valence-corrected chi connectivity index (χ1v) is 11.2. The van der Waals surface area contributed by atoms with Gasteiger partial charge in [-0.25, -0.2) is 9.97 Å². The molecule has 1 aromatic heterocycles. The van der Waals surface area contributed by atoms with Crippen LogP contribution in [0.5, 0.6) is 5.75 Å². The second kappa shape index (κ2) is 9.80. The van der Waals surface area contributed by atoms with Crippen LogP contribution in [0.15, 0.2) is 66.7 Å². The van der Waals surface area contributed by atoms with Gasteiger partial charge in [0.1, 0.15) is 11.6 Å². The third-order valence-electron chi connectivity index (χ3n) is 5.08. The van der Waals surface area contributed by atoms with Gasteiger partial charge >= 0.3 is 0 Å². The van der Waals surface area contributed by atoms with Gasteiger partial charge < -0.3 is 26.5 Å². The van der Waals surface area contributed by atoms with Crippen LogP contribution in [0.2, 0.25) is 0 Å². The third kappa shape index (κ3) is 5.92. The smallest absolute Gasteiger partial charge is 0.258 e. The van der Waals surface area contributed by atoms with E-state index in [1.165, 1.54) is 6.21 Å². The molecule has 8 nitrogen and oxygen atoms in total. The Kier molecular flexibility index (Phi) is 6.64. The van der Waals surface area contributed by atoms with Crippen LogP contribution in [-0.2, 0) is 4.79 Å². The number of nitrogens with zero attached hydrogens (tertiary/aromatic N) is 2. The number of hydrogen-bond donors (Lipinski definition) is 4. The van der Waals surface area contributed by atoms with Crippen LogP contribution < -0.4 is 21.1 Å². The van der Waals surface area contributed by atoms with E-state index in [-0.39, 0.29) is 18.1 Å². The summed E-state index contributed by atoms with van der Waals surface area (Å²) in [5, 5.41) is 14.6. The summed E-state index contributed by atoms with van der Waals surface area (Å²) in [7, 11) is 0. The molecular formula is C27H28N6O2. The Morgan fingerprint density at radius 2 is 1.86 bits per heavy atom.